The smallest absolute Gasteiger partial charge is 0.157 e. The van der Waals surface area contributed by atoms with Crippen molar-refractivity contribution in [3.05, 3.63) is 0 Å². The average Bonchev–Trinajstić information content (AvgIpc) is 2.85. The lowest BCUT2D eigenvalue weighted by Crippen LogP contribution is -2.46. The van der Waals surface area contributed by atoms with Crippen LogP contribution < -0.4 is 5.32 Å². The van der Waals surface area contributed by atoms with E-state index in [2.05, 4.69) is 19.2 Å². The number of nitrogens with one attached hydrogen (secondary N) is 1. The van der Waals surface area contributed by atoms with E-state index in [1.807, 2.05) is 11.8 Å². The van der Waals surface area contributed by atoms with E-state index < -0.39 is 0 Å². The van der Waals surface area contributed by atoms with Crippen molar-refractivity contribution in [2.24, 2.45) is 22.7 Å². The van der Waals surface area contributed by atoms with E-state index in [9.17, 15) is 0 Å². The van der Waals surface area contributed by atoms with Crippen LogP contribution in [0.4, 0.5) is 0 Å². The number of amidine groups is 1. The van der Waals surface area contributed by atoms with Gasteiger partial charge in [0.05, 0.1) is 0 Å². The molecule has 3 heteroatoms. The van der Waals surface area contributed by atoms with Gasteiger partial charge < -0.3 is 5.32 Å². The molecule has 2 nitrogen and oxygen atoms in total. The van der Waals surface area contributed by atoms with Gasteiger partial charge in [0.1, 0.15) is 0 Å². The molecule has 0 aromatic carbocycles. The molecule has 2 saturated carbocycles. The third-order valence-electron chi connectivity index (χ3n) is 5.72. The van der Waals surface area contributed by atoms with Crippen LogP contribution in [0.1, 0.15) is 65.2 Å². The molecule has 0 radical (unpaired) electrons. The van der Waals surface area contributed by atoms with Gasteiger partial charge in [0.15, 0.2) is 5.17 Å². The molecule has 20 heavy (non-hydrogen) atoms. The molecule has 1 aliphatic heterocycles. The topological polar surface area (TPSA) is 24.4 Å². The van der Waals surface area contributed by atoms with Crippen LogP contribution >= 0.6 is 11.8 Å². The fourth-order valence-corrected chi connectivity index (χ4v) is 5.13. The second kappa shape index (κ2) is 6.29. The standard InChI is InChI=1S/C17H30N2S/c1-13-3-5-15(6-4-13)11-18-16-19-17(12-20-16)9-7-14(2)8-10-17/h13-15H,3-12H2,1-2H3,(H,18,19). The summed E-state index contributed by atoms with van der Waals surface area (Å²) in [5.41, 5.74) is 0.400. The van der Waals surface area contributed by atoms with Gasteiger partial charge in [-0.3, -0.25) is 4.99 Å². The number of nitrogens with zero attached hydrogens (tertiary/aromatic N) is 1. The SMILES string of the molecule is CC1CCC(CN=C2NC3(CCC(C)CC3)CS2)CC1. The normalized spacial score (nSPS) is 43.9. The van der Waals surface area contributed by atoms with Crippen molar-refractivity contribution in [2.75, 3.05) is 12.3 Å². The van der Waals surface area contributed by atoms with Crippen LogP contribution in [0.5, 0.6) is 0 Å². The Kier molecular flexibility index (Phi) is 4.64. The van der Waals surface area contributed by atoms with Crippen LogP contribution in [-0.4, -0.2) is 23.0 Å². The Morgan fingerprint density at radius 3 is 2.40 bits per heavy atom. The molecule has 3 aliphatic rings. The van der Waals surface area contributed by atoms with Crippen molar-refractivity contribution in [3.63, 3.8) is 0 Å². The fraction of sp³-hybridized carbons (Fsp3) is 0.941. The fourth-order valence-electron chi connectivity index (χ4n) is 3.90. The largest absolute Gasteiger partial charge is 0.359 e. The van der Waals surface area contributed by atoms with Crippen molar-refractivity contribution in [2.45, 2.75) is 70.8 Å². The summed E-state index contributed by atoms with van der Waals surface area (Å²) in [4.78, 5) is 4.91. The lowest BCUT2D eigenvalue weighted by molar-refractivity contribution is 0.250. The minimum absolute atomic E-state index is 0.400. The van der Waals surface area contributed by atoms with Gasteiger partial charge in [-0.05, 0) is 56.3 Å². The van der Waals surface area contributed by atoms with E-state index >= 15 is 0 Å². The van der Waals surface area contributed by atoms with Gasteiger partial charge in [-0.25, -0.2) is 0 Å². The van der Waals surface area contributed by atoms with E-state index in [0.717, 1.165) is 24.3 Å². The summed E-state index contributed by atoms with van der Waals surface area (Å²) in [5.74, 6) is 3.98. The first kappa shape index (κ1) is 14.7. The van der Waals surface area contributed by atoms with Gasteiger partial charge in [0.25, 0.3) is 0 Å². The summed E-state index contributed by atoms with van der Waals surface area (Å²) in [5, 5.41) is 5.04. The first-order valence-electron chi connectivity index (χ1n) is 8.61. The van der Waals surface area contributed by atoms with E-state index in [4.69, 9.17) is 4.99 Å². The highest BCUT2D eigenvalue weighted by Gasteiger charge is 2.39. The van der Waals surface area contributed by atoms with Gasteiger partial charge in [0, 0.05) is 17.8 Å². The monoisotopic (exact) mass is 294 g/mol. The van der Waals surface area contributed by atoms with Crippen molar-refractivity contribution >= 4 is 16.9 Å². The maximum atomic E-state index is 4.91. The Morgan fingerprint density at radius 2 is 1.70 bits per heavy atom. The molecule has 3 fully saturated rings. The predicted molar refractivity (Wildman–Crippen MR) is 89.4 cm³/mol. The predicted octanol–water partition coefficient (Wildman–Crippen LogP) is 4.45. The molecule has 1 saturated heterocycles. The Labute approximate surface area is 128 Å². The van der Waals surface area contributed by atoms with E-state index in [0.29, 0.717) is 5.54 Å². The summed E-state index contributed by atoms with van der Waals surface area (Å²) >= 11 is 1.98. The minimum atomic E-state index is 0.400. The number of hydrogen-bond acceptors (Lipinski definition) is 2. The van der Waals surface area contributed by atoms with Gasteiger partial charge >= 0.3 is 0 Å². The summed E-state index contributed by atoms with van der Waals surface area (Å²) < 4.78 is 0. The van der Waals surface area contributed by atoms with Gasteiger partial charge in [-0.2, -0.15) is 0 Å². The lowest BCUT2D eigenvalue weighted by Gasteiger charge is -2.35. The number of rotatable bonds is 2. The van der Waals surface area contributed by atoms with Crippen LogP contribution in [0, 0.1) is 17.8 Å². The molecule has 0 atom stereocenters. The Balaban J connectivity index is 1.48. The summed E-state index contributed by atoms with van der Waals surface area (Å²) in [6.07, 6.45) is 11.1. The number of aliphatic imine (C=N–C) groups is 1. The van der Waals surface area contributed by atoms with Gasteiger partial charge in [0.2, 0.25) is 0 Å². The Morgan fingerprint density at radius 1 is 1.05 bits per heavy atom. The highest BCUT2D eigenvalue weighted by atomic mass is 32.2. The molecule has 0 aromatic rings. The molecule has 1 N–H and O–H groups in total. The second-order valence-electron chi connectivity index (χ2n) is 7.65. The highest BCUT2D eigenvalue weighted by molar-refractivity contribution is 8.14. The molecule has 0 bridgehead atoms. The van der Waals surface area contributed by atoms with Gasteiger partial charge in [-0.1, -0.05) is 38.5 Å². The third-order valence-corrected chi connectivity index (χ3v) is 6.92. The zero-order chi connectivity index (χ0) is 14.0. The van der Waals surface area contributed by atoms with Crippen molar-refractivity contribution < 1.29 is 0 Å². The van der Waals surface area contributed by atoms with Crippen LogP contribution in [0.15, 0.2) is 4.99 Å². The molecular weight excluding hydrogens is 264 g/mol. The molecule has 2 aliphatic carbocycles. The first-order valence-corrected chi connectivity index (χ1v) is 9.59. The van der Waals surface area contributed by atoms with Crippen molar-refractivity contribution in [1.29, 1.82) is 0 Å². The average molecular weight is 295 g/mol. The molecule has 0 aromatic heterocycles. The Hall–Kier alpha value is -0.180. The molecule has 0 amide bonds. The van der Waals surface area contributed by atoms with E-state index in [-0.39, 0.29) is 0 Å². The maximum Gasteiger partial charge on any atom is 0.157 e. The molecular formula is C17H30N2S. The molecule has 3 rings (SSSR count). The number of thioether (sulfide) groups is 1. The summed E-state index contributed by atoms with van der Waals surface area (Å²) in [7, 11) is 0. The van der Waals surface area contributed by atoms with Crippen LogP contribution in [0.2, 0.25) is 0 Å². The highest BCUT2D eigenvalue weighted by Crippen LogP contribution is 2.38. The second-order valence-corrected chi connectivity index (χ2v) is 8.61. The summed E-state index contributed by atoms with van der Waals surface area (Å²) in [6.45, 7) is 5.85. The van der Waals surface area contributed by atoms with Crippen molar-refractivity contribution in [3.8, 4) is 0 Å². The van der Waals surface area contributed by atoms with Crippen LogP contribution in [-0.2, 0) is 0 Å². The van der Waals surface area contributed by atoms with E-state index in [1.54, 1.807) is 0 Å². The van der Waals surface area contributed by atoms with Crippen LogP contribution in [0.25, 0.3) is 0 Å². The number of hydrogen-bond donors (Lipinski definition) is 1. The zero-order valence-electron chi connectivity index (χ0n) is 13.2. The molecule has 1 heterocycles. The summed E-state index contributed by atoms with van der Waals surface area (Å²) in [6, 6.07) is 0. The lowest BCUT2D eigenvalue weighted by atomic mass is 9.78. The third kappa shape index (κ3) is 3.52. The quantitative estimate of drug-likeness (QED) is 0.813. The first-order chi connectivity index (χ1) is 9.65. The molecule has 114 valence electrons. The molecule has 1 spiro atoms. The zero-order valence-corrected chi connectivity index (χ0v) is 14.0. The van der Waals surface area contributed by atoms with Crippen LogP contribution in [0.3, 0.4) is 0 Å². The van der Waals surface area contributed by atoms with E-state index in [1.165, 1.54) is 62.3 Å². The minimum Gasteiger partial charge on any atom is -0.359 e. The van der Waals surface area contributed by atoms with Gasteiger partial charge in [-0.15, -0.1) is 0 Å². The Bertz CT molecular complexity index is 350. The maximum absolute atomic E-state index is 4.91. The molecule has 0 unspecified atom stereocenters. The van der Waals surface area contributed by atoms with Crippen molar-refractivity contribution in [1.82, 2.24) is 5.32 Å².